The van der Waals surface area contributed by atoms with Crippen molar-refractivity contribution in [2.75, 3.05) is 13.2 Å². The molecular formula is C78H133NO10. The summed E-state index contributed by atoms with van der Waals surface area (Å²) in [5, 5.41) is 57.3. The van der Waals surface area contributed by atoms with Crippen LogP contribution >= 0.6 is 0 Å². The normalized spacial score (nSPS) is 18.9. The molecule has 11 heteroatoms. The lowest BCUT2D eigenvalue weighted by Crippen LogP contribution is -2.61. The van der Waals surface area contributed by atoms with E-state index in [1.165, 1.54) is 109 Å². The first-order valence-corrected chi connectivity index (χ1v) is 36.3. The van der Waals surface area contributed by atoms with Crippen molar-refractivity contribution in [1.82, 2.24) is 5.32 Å². The smallest absolute Gasteiger partial charge is 0.306 e. The Labute approximate surface area is 544 Å². The predicted molar refractivity (Wildman–Crippen MR) is 374 cm³/mol. The van der Waals surface area contributed by atoms with Crippen molar-refractivity contribution in [1.29, 1.82) is 0 Å². The molecule has 1 fully saturated rings. The van der Waals surface area contributed by atoms with Crippen molar-refractivity contribution in [3.8, 4) is 0 Å². The number of carbonyl (C=O) groups excluding carboxylic acids is 2. The van der Waals surface area contributed by atoms with Gasteiger partial charge in [0.15, 0.2) is 12.4 Å². The summed E-state index contributed by atoms with van der Waals surface area (Å²) in [6.07, 6.45) is 79.4. The third-order valence-corrected chi connectivity index (χ3v) is 16.3. The Morgan fingerprint density at radius 1 is 0.449 bits per heavy atom. The van der Waals surface area contributed by atoms with E-state index < -0.39 is 67.4 Å². The van der Waals surface area contributed by atoms with E-state index in [1.807, 2.05) is 6.08 Å². The molecule has 510 valence electrons. The van der Waals surface area contributed by atoms with Gasteiger partial charge in [0.1, 0.15) is 24.4 Å². The minimum absolute atomic E-state index is 0.109. The molecular weight excluding hydrogens is 1110 g/mol. The molecule has 0 radical (unpaired) electrons. The number of carbonyl (C=O) groups is 2. The van der Waals surface area contributed by atoms with E-state index >= 15 is 0 Å². The van der Waals surface area contributed by atoms with Gasteiger partial charge in [-0.2, -0.15) is 0 Å². The van der Waals surface area contributed by atoms with Crippen LogP contribution in [0.25, 0.3) is 0 Å². The first-order chi connectivity index (χ1) is 43.7. The van der Waals surface area contributed by atoms with E-state index in [0.717, 1.165) is 141 Å². The molecule has 0 aliphatic carbocycles. The van der Waals surface area contributed by atoms with Crippen LogP contribution in [-0.2, 0) is 23.8 Å². The monoisotopic (exact) mass is 1240 g/mol. The lowest BCUT2D eigenvalue weighted by molar-refractivity contribution is -0.305. The number of nitrogens with one attached hydrogen (secondary N) is 1. The number of hydrogen-bond acceptors (Lipinski definition) is 10. The van der Waals surface area contributed by atoms with Crippen molar-refractivity contribution in [3.63, 3.8) is 0 Å². The maximum absolute atomic E-state index is 13.5. The first-order valence-electron chi connectivity index (χ1n) is 36.3. The standard InChI is InChI=1S/C78H133NO10/c1-4-7-10-13-16-19-22-25-27-29-31-33-34-35-36-37-39-40-42-44-47-50-53-56-59-62-65-71(82)77(86)79-69(70(81)64-61-58-55-52-49-46-24-21-18-15-12-9-6-3)68-87-78-76(75(85)74(84)72(67-80)88-78)89-73(83)66-63-60-57-54-51-48-45-43-41-38-32-30-28-26-23-20-17-14-11-8-5-2/h7,10,16-17,19-20,25-28,31-33,35-36,38-40,61,64,69-72,74-76,78,80-82,84-85H,4-6,8-9,11-15,18,21-24,29-30,34,37,41-60,62-63,65-68H2,1-3H3,(H,79,86)/b10-7-,19-16-,20-17-,27-25-,28-26-,33-31-,36-35-,38-32-,40-39-,64-61+. The summed E-state index contributed by atoms with van der Waals surface area (Å²) in [5.41, 5.74) is 0. The molecule has 0 aromatic heterocycles. The Morgan fingerprint density at radius 3 is 1.24 bits per heavy atom. The van der Waals surface area contributed by atoms with E-state index in [1.54, 1.807) is 6.08 Å². The number of ether oxygens (including phenoxy) is 3. The first kappa shape index (κ1) is 83.1. The van der Waals surface area contributed by atoms with Crippen LogP contribution < -0.4 is 5.32 Å². The highest BCUT2D eigenvalue weighted by atomic mass is 16.7. The second-order valence-electron chi connectivity index (χ2n) is 24.6. The Kier molecular flexibility index (Phi) is 59.9. The number of aliphatic hydroxyl groups is 5. The van der Waals surface area contributed by atoms with Crippen molar-refractivity contribution >= 4 is 11.9 Å². The number of unbranched alkanes of at least 4 members (excludes halogenated alkanes) is 29. The fourth-order valence-electron chi connectivity index (χ4n) is 10.7. The van der Waals surface area contributed by atoms with Gasteiger partial charge < -0.3 is 45.1 Å². The highest BCUT2D eigenvalue weighted by molar-refractivity contribution is 5.80. The molecule has 1 aliphatic rings. The maximum atomic E-state index is 13.5. The van der Waals surface area contributed by atoms with Crippen molar-refractivity contribution < 1.29 is 49.3 Å². The quantitative estimate of drug-likeness (QED) is 0.0195. The van der Waals surface area contributed by atoms with E-state index in [2.05, 4.69) is 135 Å². The summed E-state index contributed by atoms with van der Waals surface area (Å²) in [6, 6.07) is -1.04. The molecule has 0 aromatic rings. The molecule has 1 amide bonds. The predicted octanol–water partition coefficient (Wildman–Crippen LogP) is 19.0. The van der Waals surface area contributed by atoms with Crippen LogP contribution in [-0.4, -0.2) is 99.6 Å². The summed E-state index contributed by atoms with van der Waals surface area (Å²) >= 11 is 0. The minimum Gasteiger partial charge on any atom is -0.454 e. The van der Waals surface area contributed by atoms with Crippen LogP contribution in [0.2, 0.25) is 0 Å². The van der Waals surface area contributed by atoms with Gasteiger partial charge >= 0.3 is 5.97 Å². The lowest BCUT2D eigenvalue weighted by atomic mass is 9.99. The zero-order chi connectivity index (χ0) is 64.6. The van der Waals surface area contributed by atoms with Gasteiger partial charge in [0.05, 0.1) is 25.4 Å². The minimum atomic E-state index is -1.63. The van der Waals surface area contributed by atoms with E-state index in [4.69, 9.17) is 14.2 Å². The Hall–Kier alpha value is -3.94. The van der Waals surface area contributed by atoms with Crippen LogP contribution in [0, 0.1) is 0 Å². The Morgan fingerprint density at radius 2 is 0.809 bits per heavy atom. The molecule has 8 atom stereocenters. The number of hydrogen-bond donors (Lipinski definition) is 6. The topological polar surface area (TPSA) is 175 Å². The van der Waals surface area contributed by atoms with Gasteiger partial charge in [0, 0.05) is 6.42 Å². The average molecular weight is 1240 g/mol. The van der Waals surface area contributed by atoms with Crippen LogP contribution in [0.3, 0.4) is 0 Å². The van der Waals surface area contributed by atoms with Gasteiger partial charge in [0.2, 0.25) is 5.91 Å². The summed E-state index contributed by atoms with van der Waals surface area (Å²) in [6.45, 7) is 5.66. The largest absolute Gasteiger partial charge is 0.454 e. The fourth-order valence-corrected chi connectivity index (χ4v) is 10.7. The number of esters is 1. The fraction of sp³-hybridized carbons (Fsp3) is 0.718. The summed E-state index contributed by atoms with van der Waals surface area (Å²) < 4.78 is 17.7. The molecule has 0 bridgehead atoms. The maximum Gasteiger partial charge on any atom is 0.306 e. The van der Waals surface area contributed by atoms with E-state index in [-0.39, 0.29) is 19.4 Å². The SMILES string of the molecule is CC/C=C\C/C=C\C/C=C\C/C=C\C/C=C\C/C=C\CCCCCCCCCC(O)C(=O)NC(COC1OC(CO)C(O)C(O)C1OC(=O)CCCCCCCCCC/C=C\C/C=C\C/C=C\CCCCC)C(O)/C=C/CCCCCCCCCCCCC. The molecule has 0 saturated carbocycles. The Balaban J connectivity index is 2.61. The van der Waals surface area contributed by atoms with Crippen molar-refractivity contribution in [2.45, 2.75) is 346 Å². The molecule has 0 aromatic carbocycles. The Bertz CT molecular complexity index is 1920. The van der Waals surface area contributed by atoms with Crippen LogP contribution in [0.15, 0.2) is 122 Å². The van der Waals surface area contributed by atoms with E-state index in [0.29, 0.717) is 12.8 Å². The van der Waals surface area contributed by atoms with Crippen molar-refractivity contribution in [3.05, 3.63) is 122 Å². The molecule has 6 N–H and O–H groups in total. The molecule has 1 rings (SSSR count). The van der Waals surface area contributed by atoms with Crippen LogP contribution in [0.4, 0.5) is 0 Å². The average Bonchev–Trinajstić information content (AvgIpc) is 3.11. The number of amides is 1. The summed E-state index contributed by atoms with van der Waals surface area (Å²) in [4.78, 5) is 26.7. The zero-order valence-electron chi connectivity index (χ0n) is 56.8. The molecule has 0 spiro atoms. The summed E-state index contributed by atoms with van der Waals surface area (Å²) in [7, 11) is 0. The van der Waals surface area contributed by atoms with E-state index in [9.17, 15) is 35.1 Å². The van der Waals surface area contributed by atoms with Crippen molar-refractivity contribution in [2.24, 2.45) is 0 Å². The molecule has 1 heterocycles. The number of rotatable bonds is 61. The van der Waals surface area contributed by atoms with Gasteiger partial charge in [-0.3, -0.25) is 9.59 Å². The van der Waals surface area contributed by atoms with Gasteiger partial charge in [-0.1, -0.05) is 296 Å². The van der Waals surface area contributed by atoms with Gasteiger partial charge in [-0.15, -0.1) is 0 Å². The highest BCUT2D eigenvalue weighted by Crippen LogP contribution is 2.26. The molecule has 11 nitrogen and oxygen atoms in total. The third kappa shape index (κ3) is 51.3. The molecule has 1 aliphatic heterocycles. The molecule has 89 heavy (non-hydrogen) atoms. The van der Waals surface area contributed by atoms with Gasteiger partial charge in [-0.05, 0) is 116 Å². The van der Waals surface area contributed by atoms with Gasteiger partial charge in [-0.25, -0.2) is 0 Å². The van der Waals surface area contributed by atoms with Crippen LogP contribution in [0.5, 0.6) is 0 Å². The number of allylic oxidation sites excluding steroid dienone is 19. The zero-order valence-corrected chi connectivity index (χ0v) is 56.8. The molecule has 1 saturated heterocycles. The third-order valence-electron chi connectivity index (χ3n) is 16.3. The second-order valence-corrected chi connectivity index (χ2v) is 24.6. The number of aliphatic hydroxyl groups excluding tert-OH is 5. The summed E-state index contributed by atoms with van der Waals surface area (Å²) in [5.74, 6) is -1.21. The molecule has 8 unspecified atom stereocenters. The van der Waals surface area contributed by atoms with Crippen LogP contribution in [0.1, 0.15) is 297 Å². The second kappa shape index (κ2) is 64.2. The van der Waals surface area contributed by atoms with Gasteiger partial charge in [0.25, 0.3) is 0 Å². The highest BCUT2D eigenvalue weighted by Gasteiger charge is 2.47. The lowest BCUT2D eigenvalue weighted by Gasteiger charge is -2.41.